The van der Waals surface area contributed by atoms with Crippen molar-refractivity contribution in [2.45, 2.75) is 37.9 Å². The molecular formula is C11H17F3N2O. The summed E-state index contributed by atoms with van der Waals surface area (Å²) >= 11 is 0. The third-order valence-corrected chi connectivity index (χ3v) is 3.36. The number of rotatable bonds is 3. The van der Waals surface area contributed by atoms with Crippen molar-refractivity contribution in [3.8, 4) is 0 Å². The monoisotopic (exact) mass is 250 g/mol. The van der Waals surface area contributed by atoms with Crippen LogP contribution in [0.5, 0.6) is 0 Å². The van der Waals surface area contributed by atoms with Crippen LogP contribution in [0.2, 0.25) is 0 Å². The fourth-order valence-electron chi connectivity index (χ4n) is 2.10. The van der Waals surface area contributed by atoms with Crippen LogP contribution in [0.3, 0.4) is 0 Å². The Hall–Kier alpha value is -0.780. The molecule has 0 aromatic carbocycles. The second kappa shape index (κ2) is 4.84. The number of nitrogens with one attached hydrogen (secondary N) is 1. The first-order valence-electron chi connectivity index (χ1n) is 6.04. The Morgan fingerprint density at radius 2 is 2.00 bits per heavy atom. The first-order valence-corrected chi connectivity index (χ1v) is 6.04. The molecule has 1 saturated heterocycles. The molecule has 2 aliphatic rings. The summed E-state index contributed by atoms with van der Waals surface area (Å²) in [6.07, 6.45) is -1.46. The van der Waals surface area contributed by atoms with Crippen molar-refractivity contribution < 1.29 is 18.0 Å². The summed E-state index contributed by atoms with van der Waals surface area (Å²) in [5.41, 5.74) is 0. The molecule has 17 heavy (non-hydrogen) atoms. The maximum absolute atomic E-state index is 12.5. The third-order valence-electron chi connectivity index (χ3n) is 3.36. The minimum absolute atomic E-state index is 0.142. The van der Waals surface area contributed by atoms with Gasteiger partial charge >= 0.3 is 6.18 Å². The highest BCUT2D eigenvalue weighted by molar-refractivity contribution is 5.78. The molecule has 6 heteroatoms. The number of piperidine rings is 1. The van der Waals surface area contributed by atoms with Crippen LogP contribution in [-0.2, 0) is 4.79 Å². The standard InChI is InChI=1S/C11H17F3N2O/c12-11(13,14)8-2-1-5-16(7-8)10(17)6-15-9-3-4-9/h8-9,15H,1-7H2. The summed E-state index contributed by atoms with van der Waals surface area (Å²) in [5, 5.41) is 3.03. The Balaban J connectivity index is 1.81. The maximum atomic E-state index is 12.5. The summed E-state index contributed by atoms with van der Waals surface area (Å²) < 4.78 is 37.6. The summed E-state index contributed by atoms with van der Waals surface area (Å²) in [6.45, 7) is 0.460. The van der Waals surface area contributed by atoms with E-state index in [1.54, 1.807) is 0 Å². The molecule has 1 heterocycles. The molecule has 0 aromatic heterocycles. The van der Waals surface area contributed by atoms with Crippen molar-refractivity contribution in [2.24, 2.45) is 5.92 Å². The van der Waals surface area contributed by atoms with E-state index >= 15 is 0 Å². The highest BCUT2D eigenvalue weighted by atomic mass is 19.4. The number of nitrogens with zero attached hydrogens (tertiary/aromatic N) is 1. The predicted molar refractivity (Wildman–Crippen MR) is 56.4 cm³/mol. The number of halogens is 3. The molecule has 1 amide bonds. The number of carbonyl (C=O) groups is 1. The lowest BCUT2D eigenvalue weighted by molar-refractivity contribution is -0.187. The smallest absolute Gasteiger partial charge is 0.341 e. The molecule has 0 radical (unpaired) electrons. The molecule has 2 rings (SSSR count). The number of alkyl halides is 3. The lowest BCUT2D eigenvalue weighted by Gasteiger charge is -2.33. The Bertz CT molecular complexity index is 289. The lowest BCUT2D eigenvalue weighted by atomic mass is 9.97. The zero-order valence-electron chi connectivity index (χ0n) is 9.59. The van der Waals surface area contributed by atoms with Crippen LogP contribution >= 0.6 is 0 Å². The SMILES string of the molecule is O=C(CNC1CC1)N1CCCC(C(F)(F)F)C1. The van der Waals surface area contributed by atoms with Gasteiger partial charge in [0.1, 0.15) is 0 Å². The van der Waals surface area contributed by atoms with Gasteiger partial charge in [-0.25, -0.2) is 0 Å². The normalized spacial score (nSPS) is 26.1. The fraction of sp³-hybridized carbons (Fsp3) is 0.909. The molecule has 1 aliphatic heterocycles. The first kappa shape index (κ1) is 12.7. The van der Waals surface area contributed by atoms with Gasteiger partial charge in [0.05, 0.1) is 12.5 Å². The van der Waals surface area contributed by atoms with Crippen LogP contribution in [0.4, 0.5) is 13.2 Å². The molecule has 2 fully saturated rings. The van der Waals surface area contributed by atoms with Crippen LogP contribution < -0.4 is 5.32 Å². The Morgan fingerprint density at radius 3 is 2.59 bits per heavy atom. The van der Waals surface area contributed by atoms with Gasteiger partial charge in [0.2, 0.25) is 5.91 Å². The van der Waals surface area contributed by atoms with Crippen molar-refractivity contribution in [2.75, 3.05) is 19.6 Å². The number of carbonyl (C=O) groups excluding carboxylic acids is 1. The van der Waals surface area contributed by atoms with E-state index in [0.717, 1.165) is 12.8 Å². The topological polar surface area (TPSA) is 32.3 Å². The second-order valence-electron chi connectivity index (χ2n) is 4.88. The minimum Gasteiger partial charge on any atom is -0.341 e. The van der Waals surface area contributed by atoms with Gasteiger partial charge in [-0.2, -0.15) is 13.2 Å². The van der Waals surface area contributed by atoms with Crippen molar-refractivity contribution >= 4 is 5.91 Å². The molecule has 1 saturated carbocycles. The van der Waals surface area contributed by atoms with E-state index in [4.69, 9.17) is 0 Å². The molecule has 1 atom stereocenters. The molecule has 1 aliphatic carbocycles. The first-order chi connectivity index (χ1) is 7.97. The average molecular weight is 250 g/mol. The van der Waals surface area contributed by atoms with E-state index in [1.165, 1.54) is 4.90 Å². The second-order valence-corrected chi connectivity index (χ2v) is 4.88. The number of likely N-dealkylation sites (tertiary alicyclic amines) is 1. The quantitative estimate of drug-likeness (QED) is 0.824. The molecule has 0 bridgehead atoms. The maximum Gasteiger partial charge on any atom is 0.393 e. The van der Waals surface area contributed by atoms with Gasteiger partial charge in [-0.3, -0.25) is 4.79 Å². The highest BCUT2D eigenvalue weighted by Crippen LogP contribution is 2.33. The summed E-state index contributed by atoms with van der Waals surface area (Å²) in [6, 6.07) is 0.405. The largest absolute Gasteiger partial charge is 0.393 e. The highest BCUT2D eigenvalue weighted by Gasteiger charge is 2.42. The van der Waals surface area contributed by atoms with E-state index in [1.807, 2.05) is 0 Å². The van der Waals surface area contributed by atoms with Crippen LogP contribution in [0.1, 0.15) is 25.7 Å². The third kappa shape index (κ3) is 3.59. The molecule has 3 nitrogen and oxygen atoms in total. The number of amides is 1. The van der Waals surface area contributed by atoms with Crippen LogP contribution in [0.25, 0.3) is 0 Å². The van der Waals surface area contributed by atoms with E-state index in [9.17, 15) is 18.0 Å². The summed E-state index contributed by atoms with van der Waals surface area (Å²) in [4.78, 5) is 13.0. The molecule has 0 spiro atoms. The molecule has 0 aromatic rings. The van der Waals surface area contributed by atoms with Gasteiger partial charge < -0.3 is 10.2 Å². The van der Waals surface area contributed by atoms with Crippen LogP contribution in [-0.4, -0.2) is 42.7 Å². The van der Waals surface area contributed by atoms with E-state index < -0.39 is 12.1 Å². The van der Waals surface area contributed by atoms with Gasteiger partial charge in [-0.1, -0.05) is 0 Å². The van der Waals surface area contributed by atoms with Gasteiger partial charge in [0.15, 0.2) is 0 Å². The van der Waals surface area contributed by atoms with Crippen LogP contribution in [0, 0.1) is 5.92 Å². The summed E-state index contributed by atoms with van der Waals surface area (Å²) in [7, 11) is 0. The van der Waals surface area contributed by atoms with Crippen molar-refractivity contribution in [1.82, 2.24) is 10.2 Å². The predicted octanol–water partition coefficient (Wildman–Crippen LogP) is 1.54. The zero-order valence-corrected chi connectivity index (χ0v) is 9.59. The average Bonchev–Trinajstić information content (AvgIpc) is 3.09. The van der Waals surface area contributed by atoms with E-state index in [0.29, 0.717) is 19.0 Å². The molecule has 1 unspecified atom stereocenters. The lowest BCUT2D eigenvalue weighted by Crippen LogP contribution is -2.47. The van der Waals surface area contributed by atoms with Crippen molar-refractivity contribution in [3.63, 3.8) is 0 Å². The zero-order chi connectivity index (χ0) is 12.5. The summed E-state index contributed by atoms with van der Waals surface area (Å²) in [5.74, 6) is -1.55. The van der Waals surface area contributed by atoms with E-state index in [2.05, 4.69) is 5.32 Å². The van der Waals surface area contributed by atoms with Crippen molar-refractivity contribution in [1.29, 1.82) is 0 Å². The fourth-order valence-corrected chi connectivity index (χ4v) is 2.10. The van der Waals surface area contributed by atoms with Crippen LogP contribution in [0.15, 0.2) is 0 Å². The van der Waals surface area contributed by atoms with Gasteiger partial charge in [0, 0.05) is 19.1 Å². The van der Waals surface area contributed by atoms with Crippen molar-refractivity contribution in [3.05, 3.63) is 0 Å². The Kier molecular flexibility index (Phi) is 3.61. The minimum atomic E-state index is -4.18. The molecular weight excluding hydrogens is 233 g/mol. The molecule has 98 valence electrons. The Morgan fingerprint density at radius 1 is 1.29 bits per heavy atom. The molecule has 1 N–H and O–H groups in total. The van der Waals surface area contributed by atoms with Gasteiger partial charge in [-0.05, 0) is 25.7 Å². The van der Waals surface area contributed by atoms with Gasteiger partial charge in [0.25, 0.3) is 0 Å². The number of hydrogen-bond donors (Lipinski definition) is 1. The number of hydrogen-bond acceptors (Lipinski definition) is 2. The van der Waals surface area contributed by atoms with E-state index in [-0.39, 0.29) is 25.4 Å². The van der Waals surface area contributed by atoms with Gasteiger partial charge in [-0.15, -0.1) is 0 Å². The Labute approximate surface area is 98.3 Å².